The molecule has 0 unspecified atom stereocenters. The number of aliphatic imine (C=N–C) groups is 1. The van der Waals surface area contributed by atoms with Gasteiger partial charge in [0.1, 0.15) is 5.82 Å². The molecule has 10 nitrogen and oxygen atoms in total. The van der Waals surface area contributed by atoms with Gasteiger partial charge in [0.05, 0.1) is 17.9 Å². The van der Waals surface area contributed by atoms with Crippen LogP contribution in [0.5, 0.6) is 5.88 Å². The largest absolute Gasteiger partial charge is 0.471 e. The molecule has 0 amide bonds. The van der Waals surface area contributed by atoms with Crippen molar-refractivity contribution in [3.05, 3.63) is 40.8 Å². The first-order valence-corrected chi connectivity index (χ1v) is 9.74. The molecule has 27 heavy (non-hydrogen) atoms. The van der Waals surface area contributed by atoms with Crippen molar-refractivity contribution in [1.82, 2.24) is 15.8 Å². The fourth-order valence-electron chi connectivity index (χ4n) is 2.65. The molecule has 1 aromatic carbocycles. The normalized spacial score (nSPS) is 17.8. The quantitative estimate of drug-likeness (QED) is 0.349. The zero-order valence-electron chi connectivity index (χ0n) is 14.3. The number of hydrogen-bond acceptors (Lipinski definition) is 8. The van der Waals surface area contributed by atoms with Crippen LogP contribution in [0.4, 0.5) is 4.39 Å². The number of amidine groups is 1. The van der Waals surface area contributed by atoms with Gasteiger partial charge < -0.3 is 4.74 Å². The Morgan fingerprint density at radius 2 is 2.33 bits per heavy atom. The first-order chi connectivity index (χ1) is 12.8. The lowest BCUT2D eigenvalue weighted by molar-refractivity contribution is 0.191. The molecule has 0 spiro atoms. The zero-order chi connectivity index (χ0) is 19.6. The van der Waals surface area contributed by atoms with Crippen LogP contribution in [0.2, 0.25) is 0 Å². The van der Waals surface area contributed by atoms with Gasteiger partial charge in [-0.3, -0.25) is 15.7 Å². The van der Waals surface area contributed by atoms with Gasteiger partial charge in [-0.05, 0) is 53.3 Å². The Bertz CT molecular complexity index is 961. The molecule has 1 aliphatic carbocycles. The molecule has 0 aliphatic heterocycles. The number of nitrogens with zero attached hydrogens (tertiary/aromatic N) is 3. The number of ether oxygens (including phenoxy) is 1. The summed E-state index contributed by atoms with van der Waals surface area (Å²) in [5, 5.41) is 21.6. The average molecular weight is 399 g/mol. The lowest BCUT2D eigenvalue weighted by Gasteiger charge is -2.27. The third kappa shape index (κ3) is 4.59. The van der Waals surface area contributed by atoms with Crippen molar-refractivity contribution in [2.24, 2.45) is 10.1 Å². The molecule has 0 radical (unpaired) electrons. The SMILES string of the molecule is C[C@@H](CCS(N)(=O)=O)Oc1nonc1C(=N[C@H]1Cc2ccc(F)cc21)NO. The summed E-state index contributed by atoms with van der Waals surface area (Å²) in [6, 6.07) is 4.08. The molecule has 4 N–H and O–H groups in total. The third-order valence-electron chi connectivity index (χ3n) is 4.08. The summed E-state index contributed by atoms with van der Waals surface area (Å²) in [5.74, 6) is -0.776. The van der Waals surface area contributed by atoms with Gasteiger partial charge in [0.15, 0.2) is 5.84 Å². The summed E-state index contributed by atoms with van der Waals surface area (Å²) in [6.07, 6.45) is 0.138. The van der Waals surface area contributed by atoms with Gasteiger partial charge in [0.2, 0.25) is 15.7 Å². The Labute approximate surface area is 154 Å². The van der Waals surface area contributed by atoms with Crippen LogP contribution in [-0.4, -0.2) is 41.6 Å². The van der Waals surface area contributed by atoms with E-state index in [1.54, 1.807) is 13.0 Å². The molecule has 146 valence electrons. The standard InChI is InChI=1S/C15H18FN5O5S/c1-8(4-5-27(17,23)24)25-15-13(20-26-21-15)14(19-22)18-12-6-9-2-3-10(16)7-11(9)12/h2-3,7-8,12,22H,4-6H2,1H3,(H,18,19)(H2,17,23,24)/t8-,12-/m0/s1. The van der Waals surface area contributed by atoms with Crippen molar-refractivity contribution >= 4 is 15.9 Å². The predicted molar refractivity (Wildman–Crippen MR) is 91.3 cm³/mol. The van der Waals surface area contributed by atoms with E-state index in [1.165, 1.54) is 12.1 Å². The summed E-state index contributed by atoms with van der Waals surface area (Å²) in [5.41, 5.74) is 3.60. The van der Waals surface area contributed by atoms with E-state index in [0.717, 1.165) is 5.56 Å². The second-order valence-corrected chi connectivity index (χ2v) is 7.89. The van der Waals surface area contributed by atoms with E-state index in [9.17, 15) is 18.0 Å². The average Bonchev–Trinajstić information content (AvgIpc) is 3.03. The van der Waals surface area contributed by atoms with E-state index < -0.39 is 16.1 Å². The number of fused-ring (bicyclic) bond motifs is 1. The molecular weight excluding hydrogens is 381 g/mol. The van der Waals surface area contributed by atoms with Crippen LogP contribution < -0.4 is 15.4 Å². The molecule has 2 aromatic rings. The number of benzene rings is 1. The molecule has 0 fully saturated rings. The van der Waals surface area contributed by atoms with Crippen LogP contribution >= 0.6 is 0 Å². The van der Waals surface area contributed by atoms with Crippen molar-refractivity contribution in [2.75, 3.05) is 5.75 Å². The van der Waals surface area contributed by atoms with Gasteiger partial charge >= 0.3 is 0 Å². The number of primary sulfonamides is 1. The molecule has 12 heteroatoms. The van der Waals surface area contributed by atoms with Crippen molar-refractivity contribution in [3.63, 3.8) is 0 Å². The van der Waals surface area contributed by atoms with E-state index in [4.69, 9.17) is 9.88 Å². The Morgan fingerprint density at radius 1 is 1.56 bits per heavy atom. The number of nitrogens with two attached hydrogens (primary N) is 1. The van der Waals surface area contributed by atoms with E-state index in [1.807, 2.05) is 5.48 Å². The highest BCUT2D eigenvalue weighted by atomic mass is 32.2. The van der Waals surface area contributed by atoms with Gasteiger partial charge in [-0.15, -0.1) is 0 Å². The fourth-order valence-corrected chi connectivity index (χ4v) is 3.31. The highest BCUT2D eigenvalue weighted by Gasteiger charge is 2.28. The topological polar surface area (TPSA) is 153 Å². The molecule has 0 saturated heterocycles. The van der Waals surface area contributed by atoms with Gasteiger partial charge in [-0.2, -0.15) is 0 Å². The van der Waals surface area contributed by atoms with Crippen LogP contribution in [0.15, 0.2) is 27.8 Å². The van der Waals surface area contributed by atoms with E-state index in [-0.39, 0.29) is 41.4 Å². The summed E-state index contributed by atoms with van der Waals surface area (Å²) in [4.78, 5) is 4.31. The predicted octanol–water partition coefficient (Wildman–Crippen LogP) is 0.677. The fraction of sp³-hybridized carbons (Fsp3) is 0.400. The van der Waals surface area contributed by atoms with E-state index in [0.29, 0.717) is 12.0 Å². The summed E-state index contributed by atoms with van der Waals surface area (Å²) in [7, 11) is -3.62. The third-order valence-corrected chi connectivity index (χ3v) is 4.88. The van der Waals surface area contributed by atoms with Crippen molar-refractivity contribution < 1.29 is 27.4 Å². The van der Waals surface area contributed by atoms with Crippen molar-refractivity contribution in [3.8, 4) is 5.88 Å². The van der Waals surface area contributed by atoms with Crippen molar-refractivity contribution in [2.45, 2.75) is 31.9 Å². The molecule has 0 saturated carbocycles. The molecule has 1 heterocycles. The number of halogens is 1. The number of rotatable bonds is 7. The minimum atomic E-state index is -3.62. The number of hydroxylamine groups is 1. The van der Waals surface area contributed by atoms with Gasteiger partial charge in [0.25, 0.3) is 5.88 Å². The van der Waals surface area contributed by atoms with Crippen LogP contribution in [0, 0.1) is 5.82 Å². The Morgan fingerprint density at radius 3 is 3.04 bits per heavy atom. The van der Waals surface area contributed by atoms with Gasteiger partial charge in [-0.25, -0.2) is 22.6 Å². The number of hydrogen-bond donors (Lipinski definition) is 3. The Kier molecular flexibility index (Phi) is 5.39. The van der Waals surface area contributed by atoms with Crippen LogP contribution in [0.25, 0.3) is 0 Å². The maximum absolute atomic E-state index is 13.4. The maximum Gasteiger partial charge on any atom is 0.287 e. The second kappa shape index (κ2) is 7.58. The maximum atomic E-state index is 13.4. The van der Waals surface area contributed by atoms with Gasteiger partial charge in [-0.1, -0.05) is 6.07 Å². The summed E-state index contributed by atoms with van der Waals surface area (Å²) < 4.78 is 45.6. The highest BCUT2D eigenvalue weighted by Crippen LogP contribution is 2.37. The molecule has 3 rings (SSSR count). The zero-order valence-corrected chi connectivity index (χ0v) is 15.1. The highest BCUT2D eigenvalue weighted by molar-refractivity contribution is 7.89. The van der Waals surface area contributed by atoms with Crippen LogP contribution in [0.1, 0.15) is 36.2 Å². The smallest absolute Gasteiger partial charge is 0.287 e. The van der Waals surface area contributed by atoms with Crippen molar-refractivity contribution in [1.29, 1.82) is 0 Å². The molecule has 2 atom stereocenters. The minimum absolute atomic E-state index is 0.00445. The van der Waals surface area contributed by atoms with Gasteiger partial charge in [0, 0.05) is 0 Å². The lowest BCUT2D eigenvalue weighted by atomic mass is 9.83. The molecule has 1 aliphatic rings. The van der Waals surface area contributed by atoms with Crippen LogP contribution in [0.3, 0.4) is 0 Å². The summed E-state index contributed by atoms with van der Waals surface area (Å²) in [6.45, 7) is 1.62. The molecular formula is C15H18FN5O5S. The number of sulfonamides is 1. The minimum Gasteiger partial charge on any atom is -0.471 e. The Hall–Kier alpha value is -2.57. The number of aromatic nitrogens is 2. The summed E-state index contributed by atoms with van der Waals surface area (Å²) >= 11 is 0. The molecule has 0 bridgehead atoms. The van der Waals surface area contributed by atoms with E-state index >= 15 is 0 Å². The lowest BCUT2D eigenvalue weighted by Crippen LogP contribution is -2.27. The monoisotopic (exact) mass is 399 g/mol. The first kappa shape index (κ1) is 19.2. The molecule has 1 aromatic heterocycles. The Balaban J connectivity index is 1.75. The second-order valence-electron chi connectivity index (χ2n) is 6.15. The van der Waals surface area contributed by atoms with Crippen LogP contribution in [-0.2, 0) is 16.4 Å². The number of nitrogens with one attached hydrogen (secondary N) is 1. The van der Waals surface area contributed by atoms with E-state index in [2.05, 4.69) is 19.9 Å². The first-order valence-electron chi connectivity index (χ1n) is 8.03.